The molecule has 1 aromatic heterocycles. The number of amides is 3. The Labute approximate surface area is 282 Å². The number of anilines is 2. The third-order valence-electron chi connectivity index (χ3n) is 7.49. The maximum Gasteiger partial charge on any atom is 0.251 e. The third kappa shape index (κ3) is 13.8. The van der Waals surface area contributed by atoms with Crippen molar-refractivity contribution in [3.63, 3.8) is 0 Å². The minimum atomic E-state index is -0.573. The summed E-state index contributed by atoms with van der Waals surface area (Å²) in [5.74, 6) is 0.570. The Kier molecular flexibility index (Phi) is 14.5. The molecule has 15 nitrogen and oxygen atoms in total. The fourth-order valence-electron chi connectivity index (χ4n) is 4.55. The van der Waals surface area contributed by atoms with Crippen molar-refractivity contribution < 1.29 is 23.9 Å². The van der Waals surface area contributed by atoms with Gasteiger partial charge in [0.25, 0.3) is 5.91 Å². The van der Waals surface area contributed by atoms with Crippen LogP contribution in [0.4, 0.5) is 11.5 Å². The first-order chi connectivity index (χ1) is 22.7. The van der Waals surface area contributed by atoms with Gasteiger partial charge >= 0.3 is 0 Å². The summed E-state index contributed by atoms with van der Waals surface area (Å²) in [5, 5.41) is 14.7. The van der Waals surface area contributed by atoms with Gasteiger partial charge in [-0.25, -0.2) is 15.0 Å². The number of nitrogens with one attached hydrogen (secondary N) is 5. The molecule has 0 spiro atoms. The van der Waals surface area contributed by atoms with Gasteiger partial charge in [-0.2, -0.15) is 0 Å². The predicted molar refractivity (Wildman–Crippen MR) is 185 cm³/mol. The normalized spacial score (nSPS) is 13.4. The summed E-state index contributed by atoms with van der Waals surface area (Å²) < 4.78 is 12.0. The van der Waals surface area contributed by atoms with Crippen molar-refractivity contribution in [2.24, 2.45) is 16.5 Å². The van der Waals surface area contributed by atoms with Crippen LogP contribution in [-0.2, 0) is 32.2 Å². The van der Waals surface area contributed by atoms with E-state index >= 15 is 0 Å². The first kappa shape index (κ1) is 38.1. The molecule has 15 heteroatoms. The standard InChI is InChI=1S/C33H52N10O5/c1-22(6-11-27(44)37-16-17-47-33(4,5)21-48-32(2,3)13-12-28(45)36-15-14-34)41-30(46)23-7-9-24(10-8-23)38-18-25-19-39-29-26(42-25)20-40-31(35)43-29/h7-10,19,22,38H,6,11-18,20-21,34H2,1-5H3,(H,36,45)(H,37,44)(H,41,46)(H3,35,39,40,43). The van der Waals surface area contributed by atoms with Gasteiger partial charge in [-0.05, 0) is 71.7 Å². The number of aromatic nitrogens is 2. The minimum absolute atomic E-state index is 0.0462. The zero-order valence-electron chi connectivity index (χ0n) is 28.8. The number of hydrogen-bond donors (Lipinski definition) is 7. The predicted octanol–water partition coefficient (Wildman–Crippen LogP) is 1.79. The van der Waals surface area contributed by atoms with Crippen molar-refractivity contribution in [1.82, 2.24) is 25.9 Å². The van der Waals surface area contributed by atoms with E-state index < -0.39 is 11.2 Å². The molecule has 1 aliphatic rings. The Hall–Kier alpha value is -4.34. The SMILES string of the molecule is CC(CCC(=O)NCCOC(C)(C)COC(C)(C)CCC(=O)NCCN)NC(=O)c1ccc(NCc2cnc3c(n2)CN=C(N)N3)cc1. The second-order valence-electron chi connectivity index (χ2n) is 13.0. The second-order valence-corrected chi connectivity index (χ2v) is 13.0. The van der Waals surface area contributed by atoms with E-state index in [1.165, 1.54) is 0 Å². The molecule has 1 aliphatic heterocycles. The summed E-state index contributed by atoms with van der Waals surface area (Å²) in [5.41, 5.74) is 12.9. The van der Waals surface area contributed by atoms with Gasteiger partial charge in [0, 0.05) is 49.8 Å². The smallest absolute Gasteiger partial charge is 0.251 e. The molecule has 3 rings (SSSR count). The Balaban J connectivity index is 1.28. The Bertz CT molecular complexity index is 1400. The van der Waals surface area contributed by atoms with Crippen molar-refractivity contribution >= 4 is 35.2 Å². The Morgan fingerprint density at radius 2 is 1.71 bits per heavy atom. The summed E-state index contributed by atoms with van der Waals surface area (Å²) in [6.07, 6.45) is 3.36. The maximum absolute atomic E-state index is 12.7. The number of aliphatic imine (C=N–C) groups is 1. The monoisotopic (exact) mass is 668 g/mol. The van der Waals surface area contributed by atoms with E-state index in [0.29, 0.717) is 82.5 Å². The van der Waals surface area contributed by atoms with Crippen molar-refractivity contribution in [1.29, 1.82) is 0 Å². The van der Waals surface area contributed by atoms with E-state index in [-0.39, 0.29) is 30.2 Å². The Morgan fingerprint density at radius 3 is 2.44 bits per heavy atom. The van der Waals surface area contributed by atoms with Crippen LogP contribution in [0.2, 0.25) is 0 Å². The van der Waals surface area contributed by atoms with E-state index in [1.54, 1.807) is 18.3 Å². The van der Waals surface area contributed by atoms with E-state index in [9.17, 15) is 14.4 Å². The zero-order valence-corrected chi connectivity index (χ0v) is 28.8. The first-order valence-corrected chi connectivity index (χ1v) is 16.3. The average molecular weight is 669 g/mol. The van der Waals surface area contributed by atoms with Crippen LogP contribution < -0.4 is 38.1 Å². The quantitative estimate of drug-likeness (QED) is 0.101. The van der Waals surface area contributed by atoms with Gasteiger partial charge in [-0.15, -0.1) is 0 Å². The molecule has 0 saturated heterocycles. The molecule has 1 atom stereocenters. The molecule has 0 aliphatic carbocycles. The molecular formula is C33H52N10O5. The van der Waals surface area contributed by atoms with Gasteiger partial charge in [0.2, 0.25) is 11.8 Å². The number of benzene rings is 1. The van der Waals surface area contributed by atoms with Crippen molar-refractivity contribution in [3.05, 3.63) is 47.4 Å². The molecule has 48 heavy (non-hydrogen) atoms. The molecule has 2 aromatic rings. The van der Waals surface area contributed by atoms with Gasteiger partial charge in [-0.3, -0.25) is 14.4 Å². The summed E-state index contributed by atoms with van der Waals surface area (Å²) in [7, 11) is 0. The van der Waals surface area contributed by atoms with Crippen molar-refractivity contribution in [3.8, 4) is 0 Å². The lowest BCUT2D eigenvalue weighted by molar-refractivity contribution is -0.131. The second kappa shape index (κ2) is 18.3. The van der Waals surface area contributed by atoms with E-state index in [4.69, 9.17) is 20.9 Å². The molecule has 0 saturated carbocycles. The summed E-state index contributed by atoms with van der Waals surface area (Å²) in [6, 6.07) is 6.95. The lowest BCUT2D eigenvalue weighted by Gasteiger charge is -2.32. The van der Waals surface area contributed by atoms with Gasteiger partial charge in [-0.1, -0.05) is 0 Å². The van der Waals surface area contributed by atoms with Crippen LogP contribution in [0.3, 0.4) is 0 Å². The number of nitrogens with two attached hydrogens (primary N) is 2. The topological polar surface area (TPSA) is 220 Å². The van der Waals surface area contributed by atoms with E-state index in [1.807, 2.05) is 46.8 Å². The lowest BCUT2D eigenvalue weighted by Crippen LogP contribution is -2.39. The summed E-state index contributed by atoms with van der Waals surface area (Å²) in [6.45, 7) is 12.3. The fourth-order valence-corrected chi connectivity index (χ4v) is 4.55. The highest BCUT2D eigenvalue weighted by Crippen LogP contribution is 2.21. The zero-order chi connectivity index (χ0) is 35.2. The van der Waals surface area contributed by atoms with Gasteiger partial charge in [0.05, 0.1) is 49.4 Å². The average Bonchev–Trinajstić information content (AvgIpc) is 3.06. The first-order valence-electron chi connectivity index (χ1n) is 16.3. The molecule has 0 radical (unpaired) electrons. The van der Waals surface area contributed by atoms with Crippen LogP contribution in [0.15, 0.2) is 35.5 Å². The number of nitrogens with zero attached hydrogens (tertiary/aromatic N) is 3. The van der Waals surface area contributed by atoms with Crippen molar-refractivity contribution in [2.75, 3.05) is 43.5 Å². The van der Waals surface area contributed by atoms with Crippen LogP contribution in [0, 0.1) is 0 Å². The van der Waals surface area contributed by atoms with Gasteiger partial charge in [0.1, 0.15) is 5.69 Å². The fraction of sp³-hybridized carbons (Fsp3) is 0.576. The molecule has 0 bridgehead atoms. The number of guanidine groups is 1. The highest BCUT2D eigenvalue weighted by atomic mass is 16.6. The van der Waals surface area contributed by atoms with Crippen LogP contribution in [0.1, 0.15) is 82.0 Å². The minimum Gasteiger partial charge on any atom is -0.379 e. The summed E-state index contributed by atoms with van der Waals surface area (Å²) in [4.78, 5) is 50.0. The summed E-state index contributed by atoms with van der Waals surface area (Å²) >= 11 is 0. The lowest BCUT2D eigenvalue weighted by atomic mass is 10.0. The molecule has 9 N–H and O–H groups in total. The molecule has 1 aromatic carbocycles. The van der Waals surface area contributed by atoms with Crippen LogP contribution in [-0.4, -0.2) is 83.7 Å². The van der Waals surface area contributed by atoms with Crippen LogP contribution in [0.25, 0.3) is 0 Å². The number of carbonyl (C=O) groups excluding carboxylic acids is 3. The van der Waals surface area contributed by atoms with Crippen molar-refractivity contribution in [2.45, 2.75) is 90.6 Å². The highest BCUT2D eigenvalue weighted by Gasteiger charge is 2.26. The molecule has 1 unspecified atom stereocenters. The number of hydrogen-bond acceptors (Lipinski definition) is 12. The van der Waals surface area contributed by atoms with Gasteiger partial charge < -0.3 is 47.5 Å². The molecule has 3 amide bonds. The van der Waals surface area contributed by atoms with E-state index in [0.717, 1.165) is 17.1 Å². The highest BCUT2D eigenvalue weighted by molar-refractivity contribution is 5.95. The molecule has 0 fully saturated rings. The van der Waals surface area contributed by atoms with Crippen LogP contribution in [0.5, 0.6) is 0 Å². The Morgan fingerprint density at radius 1 is 1.00 bits per heavy atom. The molecular weight excluding hydrogens is 616 g/mol. The maximum atomic E-state index is 12.7. The third-order valence-corrected chi connectivity index (χ3v) is 7.49. The number of fused-ring (bicyclic) bond motifs is 1. The molecule has 264 valence electrons. The largest absolute Gasteiger partial charge is 0.379 e. The van der Waals surface area contributed by atoms with E-state index in [2.05, 4.69) is 41.5 Å². The number of rotatable bonds is 20. The molecule has 2 heterocycles. The van der Waals surface area contributed by atoms with Crippen LogP contribution >= 0.6 is 0 Å². The van der Waals surface area contributed by atoms with Gasteiger partial charge in [0.15, 0.2) is 11.8 Å². The number of carbonyl (C=O) groups is 3. The number of ether oxygens (including phenoxy) is 2.